The molecule has 3 heteroatoms. The van der Waals surface area contributed by atoms with Crippen LogP contribution in [-0.2, 0) is 20.3 Å². The Balaban J connectivity index is 1.18. The molecule has 3 fully saturated rings. The second-order valence-electron chi connectivity index (χ2n) is 20.3. The largest absolute Gasteiger partial charge is 0.343 e. The Morgan fingerprint density at radius 3 is 0.896 bits per heavy atom. The van der Waals surface area contributed by atoms with Crippen LogP contribution in [-0.4, -0.2) is 48.7 Å². The highest BCUT2D eigenvalue weighted by atomic mass is 16.8. The van der Waals surface area contributed by atoms with E-state index in [1.165, 1.54) is 79.6 Å². The molecule has 8 aromatic rings. The SMILES string of the molecule is CC(C)CC1(C)O[C@@H]2[C@@H](O1)C(c1ccc(-c3ccccc3)cc1)(c1ccc(-c3ccccc3)cc1)C[N+]1(CCCC1)CC2(c1ccc(-c2ccccc2)cc1)c1ccc(-c2ccccc2)cc1. The lowest BCUT2D eigenvalue weighted by Gasteiger charge is -2.46. The smallest absolute Gasteiger partial charge is 0.166 e. The maximum atomic E-state index is 7.95. The van der Waals surface area contributed by atoms with E-state index in [1.807, 2.05) is 0 Å². The number of fused-ring (bicyclic) bond motifs is 1. The molecule has 2 atom stereocenters. The second kappa shape index (κ2) is 17.7. The Labute approximate surface area is 398 Å². The maximum absolute atomic E-state index is 7.95. The van der Waals surface area contributed by atoms with Crippen molar-refractivity contribution in [1.29, 1.82) is 0 Å². The predicted octanol–water partition coefficient (Wildman–Crippen LogP) is 14.8. The first-order valence-electron chi connectivity index (χ1n) is 24.6. The number of benzene rings is 8. The van der Waals surface area contributed by atoms with Crippen LogP contribution in [0.2, 0.25) is 0 Å². The van der Waals surface area contributed by atoms with Crippen molar-refractivity contribution >= 4 is 0 Å². The van der Waals surface area contributed by atoms with Crippen molar-refractivity contribution in [2.24, 2.45) is 5.92 Å². The van der Waals surface area contributed by atoms with E-state index in [2.05, 4.69) is 239 Å². The second-order valence-corrected chi connectivity index (χ2v) is 20.3. The molecule has 0 aliphatic carbocycles. The molecular formula is C64H62NO2+. The van der Waals surface area contributed by atoms with Gasteiger partial charge in [0.15, 0.2) is 5.79 Å². The predicted molar refractivity (Wildman–Crippen MR) is 276 cm³/mol. The minimum atomic E-state index is -0.824. The molecule has 334 valence electrons. The molecule has 0 bridgehead atoms. The number of rotatable bonds is 10. The third-order valence-electron chi connectivity index (χ3n) is 15.5. The van der Waals surface area contributed by atoms with Crippen LogP contribution < -0.4 is 0 Å². The van der Waals surface area contributed by atoms with Crippen molar-refractivity contribution in [3.8, 4) is 44.5 Å². The Morgan fingerprint density at radius 2 is 0.642 bits per heavy atom. The molecule has 3 nitrogen and oxygen atoms in total. The van der Waals surface area contributed by atoms with E-state index in [0.717, 1.165) is 37.1 Å². The minimum Gasteiger partial charge on any atom is -0.343 e. The Bertz CT molecular complexity index is 2530. The Morgan fingerprint density at radius 1 is 0.388 bits per heavy atom. The molecule has 3 heterocycles. The van der Waals surface area contributed by atoms with Gasteiger partial charge < -0.3 is 14.0 Å². The normalized spacial score (nSPS) is 20.1. The van der Waals surface area contributed by atoms with Gasteiger partial charge in [0.1, 0.15) is 12.2 Å². The van der Waals surface area contributed by atoms with Crippen LogP contribution in [0, 0.1) is 5.92 Å². The van der Waals surface area contributed by atoms with Gasteiger partial charge in [-0.05, 0) is 79.6 Å². The van der Waals surface area contributed by atoms with Crippen LogP contribution >= 0.6 is 0 Å². The maximum Gasteiger partial charge on any atom is 0.166 e. The zero-order valence-corrected chi connectivity index (χ0v) is 39.2. The van der Waals surface area contributed by atoms with E-state index < -0.39 is 16.6 Å². The van der Waals surface area contributed by atoms with Crippen molar-refractivity contribution in [2.45, 2.75) is 68.9 Å². The third-order valence-corrected chi connectivity index (χ3v) is 15.5. The van der Waals surface area contributed by atoms with Crippen molar-refractivity contribution in [2.75, 3.05) is 26.2 Å². The van der Waals surface area contributed by atoms with Gasteiger partial charge in [-0.1, -0.05) is 232 Å². The van der Waals surface area contributed by atoms with E-state index >= 15 is 0 Å². The molecule has 3 aliphatic heterocycles. The van der Waals surface area contributed by atoms with Crippen molar-refractivity contribution in [3.63, 3.8) is 0 Å². The fourth-order valence-electron chi connectivity index (χ4n) is 12.6. The van der Waals surface area contributed by atoms with Gasteiger partial charge in [0.2, 0.25) is 0 Å². The zero-order valence-electron chi connectivity index (χ0n) is 39.2. The van der Waals surface area contributed by atoms with Gasteiger partial charge in [0.05, 0.1) is 37.0 Å². The summed E-state index contributed by atoms with van der Waals surface area (Å²) < 4.78 is 16.9. The molecule has 0 aromatic heterocycles. The highest BCUT2D eigenvalue weighted by Gasteiger charge is 2.69. The number of nitrogens with zero attached hydrogens (tertiary/aromatic N) is 1. The van der Waals surface area contributed by atoms with Gasteiger partial charge in [-0.15, -0.1) is 0 Å². The summed E-state index contributed by atoms with van der Waals surface area (Å²) in [5, 5.41) is 0. The molecule has 0 radical (unpaired) electrons. The monoisotopic (exact) mass is 876 g/mol. The summed E-state index contributed by atoms with van der Waals surface area (Å²) in [6, 6.07) is 81.3. The first-order chi connectivity index (χ1) is 32.8. The van der Waals surface area contributed by atoms with E-state index in [1.54, 1.807) is 0 Å². The van der Waals surface area contributed by atoms with Gasteiger partial charge in [0, 0.05) is 19.3 Å². The molecule has 11 rings (SSSR count). The van der Waals surface area contributed by atoms with Crippen LogP contribution in [0.15, 0.2) is 218 Å². The molecule has 0 amide bonds. The molecule has 8 aromatic carbocycles. The average Bonchev–Trinajstić information content (AvgIpc) is 3.97. The summed E-state index contributed by atoms with van der Waals surface area (Å²) in [6.07, 6.45) is 2.47. The fourth-order valence-corrected chi connectivity index (χ4v) is 12.6. The van der Waals surface area contributed by atoms with Crippen LogP contribution in [0.25, 0.3) is 44.5 Å². The lowest BCUT2D eigenvalue weighted by Crippen LogP contribution is -2.59. The quantitative estimate of drug-likeness (QED) is 0.127. The van der Waals surface area contributed by atoms with Gasteiger partial charge in [0.25, 0.3) is 0 Å². The summed E-state index contributed by atoms with van der Waals surface area (Å²) in [4.78, 5) is 0. The lowest BCUT2D eigenvalue weighted by molar-refractivity contribution is -0.922. The van der Waals surface area contributed by atoms with Gasteiger partial charge in [-0.3, -0.25) is 0 Å². The summed E-state index contributed by atoms with van der Waals surface area (Å²) >= 11 is 0. The van der Waals surface area contributed by atoms with Gasteiger partial charge in [-0.2, -0.15) is 0 Å². The summed E-state index contributed by atoms with van der Waals surface area (Å²) in [6.45, 7) is 10.8. The number of hydrogen-bond acceptors (Lipinski definition) is 2. The molecule has 0 unspecified atom stereocenters. The topological polar surface area (TPSA) is 18.5 Å². The molecule has 0 saturated carbocycles. The highest BCUT2D eigenvalue weighted by Crippen LogP contribution is 2.58. The molecule has 67 heavy (non-hydrogen) atoms. The van der Waals surface area contributed by atoms with E-state index in [9.17, 15) is 0 Å². The lowest BCUT2D eigenvalue weighted by atomic mass is 9.62. The summed E-state index contributed by atoms with van der Waals surface area (Å²) in [5.74, 6) is -0.464. The van der Waals surface area contributed by atoms with Crippen LogP contribution in [0.4, 0.5) is 0 Å². The zero-order chi connectivity index (χ0) is 45.5. The van der Waals surface area contributed by atoms with Gasteiger partial charge >= 0.3 is 0 Å². The molecule has 3 aliphatic rings. The first kappa shape index (κ1) is 43.2. The average molecular weight is 877 g/mol. The highest BCUT2D eigenvalue weighted by molar-refractivity contribution is 5.68. The van der Waals surface area contributed by atoms with Crippen LogP contribution in [0.1, 0.15) is 62.3 Å². The third kappa shape index (κ3) is 7.97. The molecule has 3 saturated heterocycles. The minimum absolute atomic E-state index is 0.345. The number of hydrogen-bond donors (Lipinski definition) is 0. The van der Waals surface area contributed by atoms with E-state index in [-0.39, 0.29) is 12.2 Å². The van der Waals surface area contributed by atoms with Crippen molar-refractivity contribution in [1.82, 2.24) is 0 Å². The van der Waals surface area contributed by atoms with Crippen molar-refractivity contribution in [3.05, 3.63) is 241 Å². The van der Waals surface area contributed by atoms with Crippen molar-refractivity contribution < 1.29 is 14.0 Å². The van der Waals surface area contributed by atoms with Crippen LogP contribution in [0.3, 0.4) is 0 Å². The first-order valence-corrected chi connectivity index (χ1v) is 24.6. The van der Waals surface area contributed by atoms with E-state index in [0.29, 0.717) is 5.92 Å². The summed E-state index contributed by atoms with van der Waals surface area (Å²) in [5.41, 5.74) is 13.7. The number of quaternary nitrogens is 1. The molecule has 1 spiro atoms. The van der Waals surface area contributed by atoms with E-state index in [4.69, 9.17) is 9.47 Å². The Hall–Kier alpha value is -6.36. The Kier molecular flexibility index (Phi) is 11.4. The standard InChI is InChI=1S/C64H62NO2/c1-47(2)44-62(3)66-60-61(67-62)64(58-38-30-54(31-39-58)50-22-12-6-13-23-50,59-40-32-55(33-41-59)51-24-14-7-15-25-51)46-65(42-16-17-43-65)45-63(60,56-34-26-52(27-35-56)48-18-8-4-9-19-48)57-36-28-53(29-37-57)49-20-10-5-11-21-49/h4-15,18-41,47,60-61H,16-17,42-46H2,1-3H3/q+1/t60-,61-/m1/s1. The van der Waals surface area contributed by atoms with Gasteiger partial charge in [-0.25, -0.2) is 0 Å². The summed E-state index contributed by atoms with van der Waals surface area (Å²) in [7, 11) is 0. The number of ether oxygens (including phenoxy) is 2. The molecule has 0 N–H and O–H groups in total. The van der Waals surface area contributed by atoms with Crippen LogP contribution in [0.5, 0.6) is 0 Å². The fraction of sp³-hybridized carbons (Fsp3) is 0.250. The molecular weight excluding hydrogens is 815 g/mol.